The normalized spacial score (nSPS) is 16.5. The molecule has 3 unspecified atom stereocenters. The zero-order chi connectivity index (χ0) is 12.0. The SMILES string of the molecule is CCC(C)OC(=O)C(Br)CC(C)C(=O)O. The van der Waals surface area contributed by atoms with Gasteiger partial charge in [-0.1, -0.05) is 29.8 Å². The lowest BCUT2D eigenvalue weighted by Gasteiger charge is -2.15. The van der Waals surface area contributed by atoms with Crippen LogP contribution in [0.1, 0.15) is 33.6 Å². The standard InChI is InChI=1S/C10H17BrO4/c1-4-7(3)15-10(14)8(11)5-6(2)9(12)13/h6-8H,4-5H2,1-3H3,(H,12,13). The molecule has 0 aliphatic heterocycles. The molecule has 4 nitrogen and oxygen atoms in total. The molecule has 0 amide bonds. The lowest BCUT2D eigenvalue weighted by atomic mass is 10.1. The van der Waals surface area contributed by atoms with E-state index in [9.17, 15) is 9.59 Å². The van der Waals surface area contributed by atoms with E-state index in [4.69, 9.17) is 9.84 Å². The summed E-state index contributed by atoms with van der Waals surface area (Å²) in [5.74, 6) is -1.85. The fourth-order valence-corrected chi connectivity index (χ4v) is 1.53. The number of hydrogen-bond acceptors (Lipinski definition) is 3. The largest absolute Gasteiger partial charge is 0.481 e. The van der Waals surface area contributed by atoms with E-state index in [1.54, 1.807) is 13.8 Å². The van der Waals surface area contributed by atoms with Crippen LogP contribution < -0.4 is 0 Å². The minimum absolute atomic E-state index is 0.127. The highest BCUT2D eigenvalue weighted by molar-refractivity contribution is 9.10. The molecule has 15 heavy (non-hydrogen) atoms. The quantitative estimate of drug-likeness (QED) is 0.599. The Bertz CT molecular complexity index is 229. The predicted octanol–water partition coefficient (Wildman–Crippen LogP) is 2.20. The molecule has 0 aromatic rings. The van der Waals surface area contributed by atoms with Crippen molar-refractivity contribution >= 4 is 27.9 Å². The van der Waals surface area contributed by atoms with Crippen molar-refractivity contribution in [1.29, 1.82) is 0 Å². The van der Waals surface area contributed by atoms with Gasteiger partial charge in [-0.3, -0.25) is 9.59 Å². The maximum Gasteiger partial charge on any atom is 0.320 e. The van der Waals surface area contributed by atoms with Gasteiger partial charge in [-0.25, -0.2) is 0 Å². The minimum Gasteiger partial charge on any atom is -0.481 e. The molecule has 0 aromatic heterocycles. The Morgan fingerprint density at radius 3 is 2.33 bits per heavy atom. The number of carboxylic acid groups (broad SMARTS) is 1. The summed E-state index contributed by atoms with van der Waals surface area (Å²) in [5, 5.41) is 8.67. The maximum atomic E-state index is 11.4. The van der Waals surface area contributed by atoms with Crippen molar-refractivity contribution in [2.24, 2.45) is 5.92 Å². The van der Waals surface area contributed by atoms with Crippen LogP contribution in [0.5, 0.6) is 0 Å². The minimum atomic E-state index is -0.907. The van der Waals surface area contributed by atoms with Gasteiger partial charge in [0, 0.05) is 0 Å². The monoisotopic (exact) mass is 280 g/mol. The fourth-order valence-electron chi connectivity index (χ4n) is 0.863. The molecule has 0 heterocycles. The number of carboxylic acids is 1. The Labute approximate surface area is 98.1 Å². The molecular formula is C10H17BrO4. The first kappa shape index (κ1) is 14.4. The Morgan fingerprint density at radius 2 is 1.93 bits per heavy atom. The molecule has 0 rings (SSSR count). The number of alkyl halides is 1. The lowest BCUT2D eigenvalue weighted by Crippen LogP contribution is -2.25. The van der Waals surface area contributed by atoms with Crippen molar-refractivity contribution in [1.82, 2.24) is 0 Å². The molecular weight excluding hydrogens is 264 g/mol. The molecule has 0 fully saturated rings. The Hall–Kier alpha value is -0.580. The van der Waals surface area contributed by atoms with Crippen molar-refractivity contribution in [2.75, 3.05) is 0 Å². The van der Waals surface area contributed by atoms with Gasteiger partial charge in [0.05, 0.1) is 12.0 Å². The van der Waals surface area contributed by atoms with E-state index in [0.29, 0.717) is 0 Å². The predicted molar refractivity (Wildman–Crippen MR) is 60.0 cm³/mol. The highest BCUT2D eigenvalue weighted by atomic mass is 79.9. The fraction of sp³-hybridized carbons (Fsp3) is 0.800. The Kier molecular flexibility index (Phi) is 6.56. The Balaban J connectivity index is 4.04. The lowest BCUT2D eigenvalue weighted by molar-refractivity contribution is -0.148. The number of carbonyl (C=O) groups excluding carboxylic acids is 1. The van der Waals surface area contributed by atoms with Crippen LogP contribution in [0.2, 0.25) is 0 Å². The summed E-state index contributed by atoms with van der Waals surface area (Å²) < 4.78 is 5.06. The third-order valence-corrected chi connectivity index (χ3v) is 2.88. The summed E-state index contributed by atoms with van der Waals surface area (Å²) in [6, 6.07) is 0. The van der Waals surface area contributed by atoms with E-state index < -0.39 is 22.7 Å². The summed E-state index contributed by atoms with van der Waals surface area (Å²) >= 11 is 3.13. The van der Waals surface area contributed by atoms with Gasteiger partial charge in [0.15, 0.2) is 0 Å². The van der Waals surface area contributed by atoms with E-state index in [2.05, 4.69) is 15.9 Å². The molecule has 3 atom stereocenters. The molecule has 0 saturated heterocycles. The molecule has 0 radical (unpaired) electrons. The van der Waals surface area contributed by atoms with Gasteiger partial charge in [0.25, 0.3) is 0 Å². The highest BCUT2D eigenvalue weighted by Crippen LogP contribution is 2.16. The molecule has 0 bridgehead atoms. The van der Waals surface area contributed by atoms with Gasteiger partial charge in [0.1, 0.15) is 4.83 Å². The molecule has 0 aliphatic rings. The van der Waals surface area contributed by atoms with Crippen molar-refractivity contribution in [2.45, 2.75) is 44.5 Å². The first-order valence-electron chi connectivity index (χ1n) is 4.95. The van der Waals surface area contributed by atoms with Gasteiger partial charge < -0.3 is 9.84 Å². The number of ether oxygens (including phenoxy) is 1. The van der Waals surface area contributed by atoms with E-state index in [-0.39, 0.29) is 12.5 Å². The smallest absolute Gasteiger partial charge is 0.320 e. The average molecular weight is 281 g/mol. The summed E-state index contributed by atoms with van der Waals surface area (Å²) in [5.41, 5.74) is 0. The summed E-state index contributed by atoms with van der Waals surface area (Å²) in [6.07, 6.45) is 0.863. The molecule has 88 valence electrons. The molecule has 5 heteroatoms. The number of hydrogen-bond donors (Lipinski definition) is 1. The van der Waals surface area contributed by atoms with Gasteiger partial charge >= 0.3 is 11.9 Å². The van der Waals surface area contributed by atoms with Gasteiger partial charge in [0.2, 0.25) is 0 Å². The van der Waals surface area contributed by atoms with Crippen molar-refractivity contribution in [3.63, 3.8) is 0 Å². The van der Waals surface area contributed by atoms with E-state index >= 15 is 0 Å². The zero-order valence-corrected chi connectivity index (χ0v) is 10.8. The molecule has 0 aromatic carbocycles. The van der Waals surface area contributed by atoms with Crippen molar-refractivity contribution < 1.29 is 19.4 Å². The van der Waals surface area contributed by atoms with E-state index in [1.165, 1.54) is 0 Å². The van der Waals surface area contributed by atoms with Gasteiger partial charge in [-0.2, -0.15) is 0 Å². The van der Waals surface area contributed by atoms with Crippen LogP contribution in [0, 0.1) is 5.92 Å². The summed E-state index contributed by atoms with van der Waals surface area (Å²) in [7, 11) is 0. The third kappa shape index (κ3) is 5.77. The first-order chi connectivity index (χ1) is 6.88. The summed E-state index contributed by atoms with van der Waals surface area (Å²) in [4.78, 5) is 21.4. The van der Waals surface area contributed by atoms with Crippen molar-refractivity contribution in [3.8, 4) is 0 Å². The van der Waals surface area contributed by atoms with Crippen LogP contribution >= 0.6 is 15.9 Å². The van der Waals surface area contributed by atoms with Crippen LogP contribution in [0.25, 0.3) is 0 Å². The second-order valence-electron chi connectivity index (χ2n) is 3.60. The van der Waals surface area contributed by atoms with Crippen molar-refractivity contribution in [3.05, 3.63) is 0 Å². The highest BCUT2D eigenvalue weighted by Gasteiger charge is 2.23. The topological polar surface area (TPSA) is 63.6 Å². The van der Waals surface area contributed by atoms with E-state index in [1.807, 2.05) is 6.92 Å². The zero-order valence-electron chi connectivity index (χ0n) is 9.20. The molecule has 0 saturated carbocycles. The number of carbonyl (C=O) groups is 2. The van der Waals surface area contributed by atoms with Crippen LogP contribution in [-0.4, -0.2) is 28.0 Å². The van der Waals surface area contributed by atoms with Crippen LogP contribution in [0.4, 0.5) is 0 Å². The number of rotatable bonds is 6. The third-order valence-electron chi connectivity index (χ3n) is 2.13. The number of esters is 1. The number of aliphatic carboxylic acids is 1. The van der Waals surface area contributed by atoms with Crippen LogP contribution in [-0.2, 0) is 14.3 Å². The Morgan fingerprint density at radius 1 is 1.40 bits per heavy atom. The van der Waals surface area contributed by atoms with Crippen LogP contribution in [0.15, 0.2) is 0 Å². The molecule has 0 aliphatic carbocycles. The molecule has 1 N–H and O–H groups in total. The van der Waals surface area contributed by atoms with E-state index in [0.717, 1.165) is 6.42 Å². The second-order valence-corrected chi connectivity index (χ2v) is 4.70. The van der Waals surface area contributed by atoms with Crippen LogP contribution in [0.3, 0.4) is 0 Å². The molecule has 0 spiro atoms. The first-order valence-corrected chi connectivity index (χ1v) is 5.87. The maximum absolute atomic E-state index is 11.4. The second kappa shape index (κ2) is 6.82. The number of halogens is 1. The average Bonchev–Trinajstić information content (AvgIpc) is 2.16. The summed E-state index contributed by atoms with van der Waals surface area (Å²) in [6.45, 7) is 5.28. The van der Waals surface area contributed by atoms with Gasteiger partial charge in [-0.15, -0.1) is 0 Å². The van der Waals surface area contributed by atoms with Gasteiger partial charge in [-0.05, 0) is 19.8 Å².